The first-order valence-electron chi connectivity index (χ1n) is 8.65. The summed E-state index contributed by atoms with van der Waals surface area (Å²) >= 11 is 0. The molecule has 0 radical (unpaired) electrons. The van der Waals surface area contributed by atoms with E-state index in [-0.39, 0.29) is 10.8 Å². The van der Waals surface area contributed by atoms with Gasteiger partial charge in [-0.3, -0.25) is 4.79 Å². The third-order valence-electron chi connectivity index (χ3n) is 4.90. The molecule has 4 rings (SSSR count). The first-order chi connectivity index (χ1) is 12.9. The predicted molar refractivity (Wildman–Crippen MR) is 99.7 cm³/mol. The van der Waals surface area contributed by atoms with E-state index < -0.39 is 21.9 Å². The Balaban J connectivity index is 1.64. The van der Waals surface area contributed by atoms with Crippen molar-refractivity contribution in [2.75, 3.05) is 11.9 Å². The predicted octanol–water partition coefficient (Wildman–Crippen LogP) is 2.69. The van der Waals surface area contributed by atoms with Crippen molar-refractivity contribution in [3.05, 3.63) is 59.4 Å². The summed E-state index contributed by atoms with van der Waals surface area (Å²) in [6.45, 7) is 2.31. The number of benzene rings is 2. The lowest BCUT2D eigenvalue weighted by Crippen LogP contribution is -2.43. The van der Waals surface area contributed by atoms with Gasteiger partial charge in [0.05, 0.1) is 0 Å². The number of nitrogens with one attached hydrogen (secondary N) is 1. The van der Waals surface area contributed by atoms with Gasteiger partial charge in [0.15, 0.2) is 5.84 Å². The molecule has 2 aliphatic rings. The number of likely N-dealkylation sites (tertiary alicyclic amines) is 1. The number of aryl methyl sites for hydroxylation is 1. The van der Waals surface area contributed by atoms with E-state index in [2.05, 4.69) is 9.71 Å². The van der Waals surface area contributed by atoms with Crippen molar-refractivity contribution in [2.24, 2.45) is 4.40 Å². The highest BCUT2D eigenvalue weighted by molar-refractivity contribution is 7.90. The minimum absolute atomic E-state index is 0.159. The van der Waals surface area contributed by atoms with E-state index in [0.717, 1.165) is 12.0 Å². The maximum atomic E-state index is 13.5. The molecule has 0 aromatic heterocycles. The van der Waals surface area contributed by atoms with E-state index >= 15 is 0 Å². The highest BCUT2D eigenvalue weighted by atomic mass is 32.2. The van der Waals surface area contributed by atoms with Gasteiger partial charge in [-0.15, -0.1) is 4.40 Å². The van der Waals surface area contributed by atoms with Crippen molar-refractivity contribution in [2.45, 2.75) is 30.7 Å². The van der Waals surface area contributed by atoms with Gasteiger partial charge < -0.3 is 10.2 Å². The van der Waals surface area contributed by atoms with E-state index in [1.54, 1.807) is 36.1 Å². The third-order valence-corrected chi connectivity index (χ3v) is 6.22. The average Bonchev–Trinajstić information content (AvgIpc) is 3.21. The molecular weight excluding hydrogens is 369 g/mol. The van der Waals surface area contributed by atoms with Gasteiger partial charge in [0.25, 0.3) is 10.0 Å². The van der Waals surface area contributed by atoms with Crippen LogP contribution in [0.15, 0.2) is 51.8 Å². The number of carbonyl (C=O) groups is 1. The molecule has 2 aromatic rings. The van der Waals surface area contributed by atoms with Crippen LogP contribution >= 0.6 is 0 Å². The zero-order chi connectivity index (χ0) is 19.2. The van der Waals surface area contributed by atoms with Crippen LogP contribution in [-0.2, 0) is 14.8 Å². The molecule has 0 aliphatic carbocycles. The summed E-state index contributed by atoms with van der Waals surface area (Å²) in [7, 11) is -3.75. The second-order valence-corrected chi connectivity index (χ2v) is 8.26. The summed E-state index contributed by atoms with van der Waals surface area (Å²) in [5.41, 5.74) is 1.67. The van der Waals surface area contributed by atoms with Gasteiger partial charge in [-0.05, 0) is 49.6 Å². The Morgan fingerprint density at radius 3 is 2.85 bits per heavy atom. The van der Waals surface area contributed by atoms with Gasteiger partial charge in [0, 0.05) is 17.8 Å². The number of carbonyl (C=O) groups excluding carboxylic acids is 1. The molecule has 1 atom stereocenters. The molecule has 0 saturated carbocycles. The minimum Gasteiger partial charge on any atom is -0.343 e. The number of hydrogen-bond acceptors (Lipinski definition) is 4. The smallest absolute Gasteiger partial charge is 0.285 e. The first-order valence-corrected chi connectivity index (χ1v) is 10.1. The van der Waals surface area contributed by atoms with Gasteiger partial charge in [-0.2, -0.15) is 8.42 Å². The molecule has 27 heavy (non-hydrogen) atoms. The van der Waals surface area contributed by atoms with Crippen LogP contribution < -0.4 is 5.32 Å². The van der Waals surface area contributed by atoms with Crippen LogP contribution in [0.5, 0.6) is 0 Å². The zero-order valence-electron chi connectivity index (χ0n) is 14.6. The van der Waals surface area contributed by atoms with Crippen LogP contribution in [0.1, 0.15) is 24.0 Å². The van der Waals surface area contributed by atoms with Gasteiger partial charge in [0.1, 0.15) is 16.8 Å². The Bertz CT molecular complexity index is 1070. The molecule has 2 aliphatic heterocycles. The summed E-state index contributed by atoms with van der Waals surface area (Å²) in [6, 6.07) is 10.3. The fourth-order valence-corrected chi connectivity index (χ4v) is 4.75. The lowest BCUT2D eigenvalue weighted by molar-refractivity contribution is -0.119. The van der Waals surface area contributed by atoms with Crippen molar-refractivity contribution in [1.82, 2.24) is 4.90 Å². The average molecular weight is 387 g/mol. The van der Waals surface area contributed by atoms with Gasteiger partial charge in [0.2, 0.25) is 5.91 Å². The van der Waals surface area contributed by atoms with Crippen LogP contribution in [0, 0.1) is 12.7 Å². The van der Waals surface area contributed by atoms with Crippen molar-refractivity contribution in [3.8, 4) is 0 Å². The van der Waals surface area contributed by atoms with Crippen LogP contribution in [0.25, 0.3) is 0 Å². The van der Waals surface area contributed by atoms with Crippen LogP contribution in [0.3, 0.4) is 0 Å². The van der Waals surface area contributed by atoms with Gasteiger partial charge in [-0.1, -0.05) is 18.2 Å². The second kappa shape index (κ2) is 6.45. The van der Waals surface area contributed by atoms with Gasteiger partial charge in [-0.25, -0.2) is 4.39 Å². The molecule has 140 valence electrons. The largest absolute Gasteiger partial charge is 0.343 e. The van der Waals surface area contributed by atoms with Crippen molar-refractivity contribution >= 4 is 27.5 Å². The maximum Gasteiger partial charge on any atom is 0.285 e. The molecule has 1 amide bonds. The van der Waals surface area contributed by atoms with Crippen molar-refractivity contribution in [3.63, 3.8) is 0 Å². The zero-order valence-corrected chi connectivity index (χ0v) is 15.5. The number of amides is 1. The van der Waals surface area contributed by atoms with Crippen LogP contribution in [0.4, 0.5) is 10.1 Å². The third kappa shape index (κ3) is 3.10. The molecule has 1 N–H and O–H groups in total. The molecule has 6 nitrogen and oxygen atoms in total. The van der Waals surface area contributed by atoms with E-state index in [1.165, 1.54) is 18.2 Å². The van der Waals surface area contributed by atoms with E-state index in [1.807, 2.05) is 0 Å². The summed E-state index contributed by atoms with van der Waals surface area (Å²) in [5.74, 6) is -0.427. The molecule has 2 aromatic carbocycles. The van der Waals surface area contributed by atoms with E-state index in [4.69, 9.17) is 0 Å². The molecule has 1 saturated heterocycles. The molecule has 8 heteroatoms. The number of rotatable bonds is 2. The van der Waals surface area contributed by atoms with Crippen molar-refractivity contribution < 1.29 is 17.6 Å². The van der Waals surface area contributed by atoms with Crippen LogP contribution in [-0.4, -0.2) is 37.6 Å². The molecule has 2 heterocycles. The first kappa shape index (κ1) is 17.7. The fraction of sp³-hybridized carbons (Fsp3) is 0.263. The SMILES string of the molecule is Cc1ccc(F)cc1NC(=O)[C@@H]1CCCN1C1=NS(=O)(=O)c2ccccc21. The summed E-state index contributed by atoms with van der Waals surface area (Å²) in [4.78, 5) is 14.7. The number of nitrogens with zero attached hydrogens (tertiary/aromatic N) is 2. The van der Waals surface area contributed by atoms with E-state index in [9.17, 15) is 17.6 Å². The quantitative estimate of drug-likeness (QED) is 0.859. The summed E-state index contributed by atoms with van der Waals surface area (Å²) < 4.78 is 42.0. The standard InChI is InChI=1S/C19H18FN3O3S/c1-12-8-9-13(20)11-15(12)21-19(24)16-6-4-10-23(16)18-14-5-2-3-7-17(14)27(25,26)22-18/h2-3,5,7-9,11,16H,4,6,10H2,1H3,(H,21,24)/t16-/m0/s1. The topological polar surface area (TPSA) is 78.8 Å². The lowest BCUT2D eigenvalue weighted by atomic mass is 10.1. The Hall–Kier alpha value is -2.74. The lowest BCUT2D eigenvalue weighted by Gasteiger charge is -2.26. The molecule has 0 unspecified atom stereocenters. The number of halogens is 1. The Morgan fingerprint density at radius 2 is 2.04 bits per heavy atom. The van der Waals surface area contributed by atoms with Crippen molar-refractivity contribution in [1.29, 1.82) is 0 Å². The Kier molecular flexibility index (Phi) is 4.22. The fourth-order valence-electron chi connectivity index (χ4n) is 3.53. The minimum atomic E-state index is -3.75. The molecular formula is C19H18FN3O3S. The number of amidine groups is 1. The van der Waals surface area contributed by atoms with E-state index in [0.29, 0.717) is 30.1 Å². The summed E-state index contributed by atoms with van der Waals surface area (Å²) in [5, 5.41) is 2.77. The molecule has 1 fully saturated rings. The Labute approximate surface area is 156 Å². The highest BCUT2D eigenvalue weighted by Crippen LogP contribution is 2.31. The number of fused-ring (bicyclic) bond motifs is 1. The Morgan fingerprint density at radius 1 is 1.26 bits per heavy atom. The molecule has 0 spiro atoms. The number of anilines is 1. The van der Waals surface area contributed by atoms with Crippen LogP contribution in [0.2, 0.25) is 0 Å². The monoisotopic (exact) mass is 387 g/mol. The number of sulfonamides is 1. The second-order valence-electron chi connectivity index (χ2n) is 6.69. The normalized spacial score (nSPS) is 20.3. The summed E-state index contributed by atoms with van der Waals surface area (Å²) in [6.07, 6.45) is 1.31. The maximum absolute atomic E-state index is 13.5. The highest BCUT2D eigenvalue weighted by Gasteiger charge is 2.39. The number of hydrogen-bond donors (Lipinski definition) is 1. The van der Waals surface area contributed by atoms with Gasteiger partial charge >= 0.3 is 0 Å². The molecule has 0 bridgehead atoms.